The first-order valence-corrected chi connectivity index (χ1v) is 10.3. The number of pyridine rings is 1. The van der Waals surface area contributed by atoms with Crippen LogP contribution in [0.3, 0.4) is 0 Å². The van der Waals surface area contributed by atoms with Crippen molar-refractivity contribution in [1.82, 2.24) is 9.88 Å². The van der Waals surface area contributed by atoms with E-state index in [-0.39, 0.29) is 35.1 Å². The van der Waals surface area contributed by atoms with Crippen LogP contribution in [0.2, 0.25) is 0 Å². The molecule has 0 unspecified atom stereocenters. The molecule has 164 valence electrons. The van der Waals surface area contributed by atoms with E-state index in [4.69, 9.17) is 9.47 Å². The van der Waals surface area contributed by atoms with Crippen molar-refractivity contribution in [2.75, 3.05) is 26.4 Å². The molecule has 2 rings (SSSR count). The molecule has 0 radical (unpaired) electrons. The summed E-state index contributed by atoms with van der Waals surface area (Å²) >= 11 is 0. The molecule has 0 bridgehead atoms. The number of hydrogen-bond acceptors (Lipinski definition) is 6. The molecule has 0 fully saturated rings. The Kier molecular flexibility index (Phi) is 12.5. The molecule has 8 nitrogen and oxygen atoms in total. The number of nitrogens with zero attached hydrogens (tertiary/aromatic N) is 1. The fourth-order valence-corrected chi connectivity index (χ4v) is 3.07. The van der Waals surface area contributed by atoms with E-state index >= 15 is 0 Å². The molecule has 0 aliphatic carbocycles. The van der Waals surface area contributed by atoms with E-state index in [1.807, 2.05) is 26.0 Å². The van der Waals surface area contributed by atoms with Gasteiger partial charge in [-0.1, -0.05) is 19.4 Å². The second-order valence-electron chi connectivity index (χ2n) is 6.93. The van der Waals surface area contributed by atoms with Crippen molar-refractivity contribution in [3.8, 4) is 0 Å². The average molecular weight is 440 g/mol. The Labute approximate surface area is 204 Å². The Balaban J connectivity index is 0.00000480. The molecule has 1 amide bonds. The van der Waals surface area contributed by atoms with Gasteiger partial charge in [-0.15, -0.1) is 0 Å². The second kappa shape index (κ2) is 14.2. The van der Waals surface area contributed by atoms with Gasteiger partial charge in [-0.05, 0) is 43.9 Å². The van der Waals surface area contributed by atoms with Gasteiger partial charge >= 0.3 is 35.7 Å². The van der Waals surface area contributed by atoms with Gasteiger partial charge in [0, 0.05) is 31.3 Å². The third kappa shape index (κ3) is 8.29. The van der Waals surface area contributed by atoms with E-state index in [0.29, 0.717) is 50.2 Å². The Morgan fingerprint density at radius 1 is 1.13 bits per heavy atom. The van der Waals surface area contributed by atoms with Crippen LogP contribution in [-0.4, -0.2) is 43.0 Å². The van der Waals surface area contributed by atoms with Gasteiger partial charge in [0.25, 0.3) is 0 Å². The zero-order chi connectivity index (χ0) is 21.9. The number of carboxylic acid groups (broad SMARTS) is 1. The van der Waals surface area contributed by atoms with Crippen molar-refractivity contribution >= 4 is 23.0 Å². The van der Waals surface area contributed by atoms with Crippen LogP contribution in [-0.2, 0) is 22.4 Å². The van der Waals surface area contributed by atoms with Gasteiger partial charge in [0.1, 0.15) is 0 Å². The number of carbonyl (C=O) groups excluding carboxylic acids is 2. The largest absolute Gasteiger partial charge is 1.00 e. The first-order valence-electron chi connectivity index (χ1n) is 10.3. The number of carboxylic acids is 1. The number of benzene rings is 1. The predicted molar refractivity (Wildman–Crippen MR) is 112 cm³/mol. The third-order valence-corrected chi connectivity index (χ3v) is 4.71. The van der Waals surface area contributed by atoms with Crippen LogP contribution in [0, 0.1) is 0 Å². The van der Waals surface area contributed by atoms with Crippen molar-refractivity contribution in [2.24, 2.45) is 0 Å². The number of aromatic nitrogens is 1. The molecule has 1 heterocycles. The molecule has 1 aromatic carbocycles. The summed E-state index contributed by atoms with van der Waals surface area (Å²) in [5, 5.41) is 14.3. The van der Waals surface area contributed by atoms with Crippen LogP contribution in [0.15, 0.2) is 29.2 Å². The first-order chi connectivity index (χ1) is 14.5. The minimum atomic E-state index is -1.47. The number of nitrogens with one attached hydrogen (secondary N) is 1. The zero-order valence-corrected chi connectivity index (χ0v) is 20.6. The topological polar surface area (TPSA) is 110 Å². The quantitative estimate of drug-likeness (QED) is 0.330. The van der Waals surface area contributed by atoms with E-state index in [1.165, 1.54) is 6.20 Å². The van der Waals surface area contributed by atoms with Gasteiger partial charge in [0.15, 0.2) is 5.43 Å². The summed E-state index contributed by atoms with van der Waals surface area (Å²) in [5.74, 6) is -1.47. The summed E-state index contributed by atoms with van der Waals surface area (Å²) in [6.45, 7) is 6.14. The molecule has 9 heteroatoms. The van der Waals surface area contributed by atoms with Crippen LogP contribution >= 0.6 is 0 Å². The Bertz CT molecular complexity index is 928. The molecule has 0 aliphatic rings. The van der Waals surface area contributed by atoms with Gasteiger partial charge < -0.3 is 29.3 Å². The number of ether oxygens (including phenoxy) is 2. The number of unbranched alkanes of at least 4 members (excludes halogenated alkanes) is 1. The summed E-state index contributed by atoms with van der Waals surface area (Å²) in [5.41, 5.74) is 0.777. The maximum atomic E-state index is 12.5. The van der Waals surface area contributed by atoms with Crippen molar-refractivity contribution < 1.29 is 53.7 Å². The van der Waals surface area contributed by atoms with Crippen molar-refractivity contribution in [3.63, 3.8) is 0 Å². The summed E-state index contributed by atoms with van der Waals surface area (Å²) in [4.78, 5) is 35.1. The molecule has 1 N–H and O–H groups in total. The van der Waals surface area contributed by atoms with Gasteiger partial charge in [0.2, 0.25) is 0 Å². The minimum absolute atomic E-state index is 0. The van der Waals surface area contributed by atoms with Crippen LogP contribution in [0.5, 0.6) is 0 Å². The van der Waals surface area contributed by atoms with Crippen LogP contribution in [0.1, 0.15) is 49.0 Å². The van der Waals surface area contributed by atoms with Crippen molar-refractivity contribution in [3.05, 3.63) is 45.7 Å². The van der Waals surface area contributed by atoms with Gasteiger partial charge in [0.05, 0.1) is 30.3 Å². The zero-order valence-electron chi connectivity index (χ0n) is 18.6. The molecular formula is C22H29N2NaO6. The van der Waals surface area contributed by atoms with E-state index in [2.05, 4.69) is 5.32 Å². The summed E-state index contributed by atoms with van der Waals surface area (Å²) < 4.78 is 12.2. The van der Waals surface area contributed by atoms with E-state index in [0.717, 1.165) is 24.8 Å². The Morgan fingerprint density at radius 3 is 2.58 bits per heavy atom. The van der Waals surface area contributed by atoms with E-state index in [9.17, 15) is 19.5 Å². The molecule has 1 aromatic heterocycles. The normalized spacial score (nSPS) is 10.5. The second-order valence-corrected chi connectivity index (χ2v) is 6.93. The number of hydrogen-bond donors (Lipinski definition) is 1. The average Bonchev–Trinajstić information content (AvgIpc) is 2.73. The number of aryl methyl sites for hydroxylation is 2. The molecule has 31 heavy (non-hydrogen) atoms. The van der Waals surface area contributed by atoms with E-state index < -0.39 is 17.5 Å². The molecule has 0 spiro atoms. The molecule has 0 saturated heterocycles. The molecule has 2 aromatic rings. The number of aromatic carboxylic acids is 1. The number of carbonyl (C=O) groups is 2. The Morgan fingerprint density at radius 2 is 1.90 bits per heavy atom. The van der Waals surface area contributed by atoms with Crippen LogP contribution in [0.25, 0.3) is 10.9 Å². The van der Waals surface area contributed by atoms with Gasteiger partial charge in [-0.25, -0.2) is 4.79 Å². The number of fused-ring (bicyclic) bond motifs is 1. The summed E-state index contributed by atoms with van der Waals surface area (Å²) in [7, 11) is 0. The number of alkyl carbamates (subject to hydrolysis) is 1. The summed E-state index contributed by atoms with van der Waals surface area (Å²) in [6, 6.07) is 5.51. The molecule has 0 atom stereocenters. The predicted octanol–water partition coefficient (Wildman–Crippen LogP) is -1.14. The van der Waals surface area contributed by atoms with Gasteiger partial charge in [-0.3, -0.25) is 4.79 Å². The van der Waals surface area contributed by atoms with Crippen LogP contribution in [0.4, 0.5) is 4.79 Å². The van der Waals surface area contributed by atoms with Crippen molar-refractivity contribution in [1.29, 1.82) is 0 Å². The van der Waals surface area contributed by atoms with Gasteiger partial charge in [-0.2, -0.15) is 0 Å². The Hall–Kier alpha value is -1.87. The maximum Gasteiger partial charge on any atom is 1.00 e. The summed E-state index contributed by atoms with van der Waals surface area (Å²) in [6.07, 6.45) is 4.14. The van der Waals surface area contributed by atoms with Crippen molar-refractivity contribution in [2.45, 2.75) is 46.1 Å². The number of rotatable bonds is 12. The number of amides is 1. The maximum absolute atomic E-state index is 12.5. The first kappa shape index (κ1) is 27.2. The molecular weight excluding hydrogens is 411 g/mol. The SMILES string of the molecule is CCCCOC(=O)NCCOCCCc1ccc2c(c1)c(=O)c(C(=O)[O-])cn2CC.[Na+]. The fraction of sp³-hybridized carbons (Fsp3) is 0.500. The standard InChI is InChI=1S/C22H30N2O6.Na/c1-3-5-12-30-22(28)23-10-13-29-11-6-7-16-8-9-19-17(14-16)20(25)18(21(26)27)15-24(19)4-2;/h8-9,14-15H,3-7,10-13H2,1-2H3,(H,23,28)(H,26,27);/q;+1/p-1. The smallest absolute Gasteiger partial charge is 0.545 e. The molecule has 0 aliphatic heterocycles. The molecule has 0 saturated carbocycles. The third-order valence-electron chi connectivity index (χ3n) is 4.71. The minimum Gasteiger partial charge on any atom is -0.545 e. The monoisotopic (exact) mass is 440 g/mol. The van der Waals surface area contributed by atoms with E-state index in [1.54, 1.807) is 10.6 Å². The fourth-order valence-electron chi connectivity index (χ4n) is 3.07. The van der Waals surface area contributed by atoms with Crippen LogP contribution < -0.4 is 45.4 Å².